The van der Waals surface area contributed by atoms with E-state index < -0.39 is 17.7 Å². The van der Waals surface area contributed by atoms with Gasteiger partial charge in [-0.05, 0) is 32.9 Å². The molecule has 0 aliphatic rings. The molecule has 1 N–H and O–H groups in total. The topological polar surface area (TPSA) is 64.6 Å². The van der Waals surface area contributed by atoms with Gasteiger partial charge in [0, 0.05) is 0 Å². The molecular weight excluding hydrogens is 242 g/mol. The highest BCUT2D eigenvalue weighted by molar-refractivity contribution is 7.18. The number of hydrogen-bond acceptors (Lipinski definition) is 5. The lowest BCUT2D eigenvalue weighted by Crippen LogP contribution is -2.26. The van der Waals surface area contributed by atoms with Crippen LogP contribution in [0.3, 0.4) is 0 Å². The van der Waals surface area contributed by atoms with E-state index in [1.807, 2.05) is 0 Å². The molecule has 0 fully saturated rings. The molecule has 0 saturated carbocycles. The Balaban J connectivity index is 2.61. The summed E-state index contributed by atoms with van der Waals surface area (Å²) in [6.45, 7) is 5.34. The van der Waals surface area contributed by atoms with Crippen LogP contribution < -0.4 is 5.32 Å². The Morgan fingerprint density at radius 2 is 1.94 bits per heavy atom. The molecule has 94 valence electrons. The first kappa shape index (κ1) is 13.5. The molecule has 1 amide bonds. The third-order valence-electron chi connectivity index (χ3n) is 1.62. The zero-order valence-corrected chi connectivity index (χ0v) is 11.0. The molecule has 17 heavy (non-hydrogen) atoms. The lowest BCUT2D eigenvalue weighted by Gasteiger charge is -2.19. The molecule has 1 aromatic rings. The zero-order chi connectivity index (χ0) is 13.1. The number of rotatable bonds is 2. The van der Waals surface area contributed by atoms with Gasteiger partial charge in [-0.3, -0.25) is 5.32 Å². The van der Waals surface area contributed by atoms with Gasteiger partial charge in [0.15, 0.2) is 0 Å². The molecular formula is C11H15NO4S. The minimum absolute atomic E-state index is 0.424. The lowest BCUT2D eigenvalue weighted by molar-refractivity contribution is 0.0603. The molecule has 0 bridgehead atoms. The largest absolute Gasteiger partial charge is 0.465 e. The van der Waals surface area contributed by atoms with Gasteiger partial charge in [0.2, 0.25) is 0 Å². The molecule has 0 aliphatic heterocycles. The van der Waals surface area contributed by atoms with Crippen LogP contribution in [0.1, 0.15) is 30.4 Å². The summed E-state index contributed by atoms with van der Waals surface area (Å²) in [5, 5.41) is 3.09. The molecule has 1 aromatic heterocycles. The molecule has 0 unspecified atom stereocenters. The van der Waals surface area contributed by atoms with Crippen molar-refractivity contribution < 1.29 is 19.1 Å². The number of ether oxygens (including phenoxy) is 2. The molecule has 0 aliphatic carbocycles. The van der Waals surface area contributed by atoms with Crippen molar-refractivity contribution in [3.63, 3.8) is 0 Å². The van der Waals surface area contributed by atoms with E-state index >= 15 is 0 Å². The van der Waals surface area contributed by atoms with Gasteiger partial charge in [-0.1, -0.05) is 0 Å². The smallest absolute Gasteiger partial charge is 0.412 e. The third kappa shape index (κ3) is 4.44. The predicted octanol–water partition coefficient (Wildman–Crippen LogP) is 2.88. The minimum Gasteiger partial charge on any atom is -0.465 e. The van der Waals surface area contributed by atoms with E-state index in [0.717, 1.165) is 11.3 Å². The van der Waals surface area contributed by atoms with Crippen LogP contribution in [0.4, 0.5) is 9.80 Å². The Morgan fingerprint density at radius 1 is 1.29 bits per heavy atom. The first-order valence-corrected chi connectivity index (χ1v) is 5.81. The highest BCUT2D eigenvalue weighted by Crippen LogP contribution is 2.23. The van der Waals surface area contributed by atoms with Gasteiger partial charge in [-0.15, -0.1) is 11.3 Å². The fraction of sp³-hybridized carbons (Fsp3) is 0.455. The lowest BCUT2D eigenvalue weighted by atomic mass is 10.2. The number of nitrogens with one attached hydrogen (secondary N) is 1. The number of carbonyl (C=O) groups is 2. The summed E-state index contributed by atoms with van der Waals surface area (Å²) in [6, 6.07) is 3.21. The number of esters is 1. The summed E-state index contributed by atoms with van der Waals surface area (Å²) in [5.74, 6) is -0.424. The standard InChI is InChI=1S/C11H15NO4S/c1-11(2,3)16-10(14)12-8-6-5-7(17-8)9(13)15-4/h5-6H,1-4H3,(H,12,14). The number of hydrogen-bond donors (Lipinski definition) is 1. The Labute approximate surface area is 104 Å². The van der Waals surface area contributed by atoms with Crippen molar-refractivity contribution in [2.45, 2.75) is 26.4 Å². The number of anilines is 1. The first-order chi connectivity index (χ1) is 7.81. The normalized spacial score (nSPS) is 10.8. The number of thiophene rings is 1. The van der Waals surface area contributed by atoms with Crippen molar-refractivity contribution in [2.24, 2.45) is 0 Å². The van der Waals surface area contributed by atoms with Crippen LogP contribution in [0.5, 0.6) is 0 Å². The molecule has 0 aromatic carbocycles. The quantitative estimate of drug-likeness (QED) is 0.827. The average Bonchev–Trinajstić information content (AvgIpc) is 2.62. The van der Waals surface area contributed by atoms with Gasteiger partial charge in [0.25, 0.3) is 0 Å². The van der Waals surface area contributed by atoms with Gasteiger partial charge in [-0.2, -0.15) is 0 Å². The van der Waals surface area contributed by atoms with Crippen LogP contribution in [0.25, 0.3) is 0 Å². The predicted molar refractivity (Wildman–Crippen MR) is 65.5 cm³/mol. The van der Waals surface area contributed by atoms with Crippen LogP contribution in [-0.2, 0) is 9.47 Å². The number of methoxy groups -OCH3 is 1. The second-order valence-corrected chi connectivity index (χ2v) is 5.37. The Bertz CT molecular complexity index is 419. The minimum atomic E-state index is -0.549. The zero-order valence-electron chi connectivity index (χ0n) is 10.2. The van der Waals surface area contributed by atoms with Gasteiger partial charge in [0.05, 0.1) is 12.1 Å². The maximum absolute atomic E-state index is 11.4. The molecule has 0 saturated heterocycles. The second-order valence-electron chi connectivity index (χ2n) is 4.28. The fourth-order valence-corrected chi connectivity index (χ4v) is 1.83. The first-order valence-electron chi connectivity index (χ1n) is 5.00. The molecule has 1 heterocycles. The van der Waals surface area contributed by atoms with Gasteiger partial charge in [-0.25, -0.2) is 9.59 Å². The van der Waals surface area contributed by atoms with Crippen LogP contribution in [-0.4, -0.2) is 24.8 Å². The maximum Gasteiger partial charge on any atom is 0.412 e. The van der Waals surface area contributed by atoms with Crippen LogP contribution in [0.2, 0.25) is 0 Å². The van der Waals surface area contributed by atoms with Crippen molar-refractivity contribution in [1.82, 2.24) is 0 Å². The van der Waals surface area contributed by atoms with E-state index in [1.54, 1.807) is 32.9 Å². The number of carbonyl (C=O) groups excluding carboxylic acids is 2. The number of amides is 1. The van der Waals surface area contributed by atoms with Crippen molar-refractivity contribution in [1.29, 1.82) is 0 Å². The summed E-state index contributed by atoms with van der Waals surface area (Å²) in [5.41, 5.74) is -0.549. The molecule has 5 nitrogen and oxygen atoms in total. The summed E-state index contributed by atoms with van der Waals surface area (Å²) in [6.07, 6.45) is -0.546. The van der Waals surface area contributed by atoms with E-state index in [9.17, 15) is 9.59 Å². The van der Waals surface area contributed by atoms with Crippen molar-refractivity contribution in [3.05, 3.63) is 17.0 Å². The van der Waals surface area contributed by atoms with E-state index in [2.05, 4.69) is 10.1 Å². The molecule has 0 atom stereocenters. The Kier molecular flexibility index (Phi) is 4.11. The Hall–Kier alpha value is -1.56. The highest BCUT2D eigenvalue weighted by Gasteiger charge is 2.17. The SMILES string of the molecule is COC(=O)c1ccc(NC(=O)OC(C)(C)C)s1. The van der Waals surface area contributed by atoms with E-state index in [4.69, 9.17) is 4.74 Å². The van der Waals surface area contributed by atoms with Crippen LogP contribution in [0.15, 0.2) is 12.1 Å². The molecule has 6 heteroatoms. The van der Waals surface area contributed by atoms with Crippen molar-refractivity contribution in [3.8, 4) is 0 Å². The summed E-state index contributed by atoms with van der Waals surface area (Å²) in [4.78, 5) is 23.0. The van der Waals surface area contributed by atoms with Gasteiger partial charge in [0.1, 0.15) is 10.5 Å². The van der Waals surface area contributed by atoms with Crippen LogP contribution in [0, 0.1) is 0 Å². The van der Waals surface area contributed by atoms with Gasteiger partial charge < -0.3 is 9.47 Å². The van der Waals surface area contributed by atoms with Gasteiger partial charge >= 0.3 is 12.1 Å². The summed E-state index contributed by atoms with van der Waals surface area (Å²) < 4.78 is 9.64. The van der Waals surface area contributed by atoms with E-state index in [-0.39, 0.29) is 0 Å². The fourth-order valence-electron chi connectivity index (χ4n) is 1.02. The van der Waals surface area contributed by atoms with E-state index in [0.29, 0.717) is 9.88 Å². The Morgan fingerprint density at radius 3 is 2.47 bits per heavy atom. The highest BCUT2D eigenvalue weighted by atomic mass is 32.1. The molecule has 1 rings (SSSR count). The average molecular weight is 257 g/mol. The molecule has 0 radical (unpaired) electrons. The molecule has 0 spiro atoms. The van der Waals surface area contributed by atoms with Crippen molar-refractivity contribution in [2.75, 3.05) is 12.4 Å². The third-order valence-corrected chi connectivity index (χ3v) is 2.60. The second kappa shape index (κ2) is 5.18. The maximum atomic E-state index is 11.4. The summed E-state index contributed by atoms with van der Waals surface area (Å²) >= 11 is 1.13. The van der Waals surface area contributed by atoms with Crippen molar-refractivity contribution >= 4 is 28.4 Å². The van der Waals surface area contributed by atoms with E-state index in [1.165, 1.54) is 7.11 Å². The summed E-state index contributed by atoms with van der Waals surface area (Å²) in [7, 11) is 1.31. The van der Waals surface area contributed by atoms with Crippen LogP contribution >= 0.6 is 11.3 Å². The monoisotopic (exact) mass is 257 g/mol.